The number of oxime groups is 1. The molecule has 0 bridgehead atoms. The highest BCUT2D eigenvalue weighted by Crippen LogP contribution is 2.51. The third kappa shape index (κ3) is 4.01. The Labute approximate surface area is 181 Å². The van der Waals surface area contributed by atoms with E-state index < -0.39 is 52.3 Å². The summed E-state index contributed by atoms with van der Waals surface area (Å²) in [4.78, 5) is 16.3. The van der Waals surface area contributed by atoms with Crippen molar-refractivity contribution in [1.82, 2.24) is 0 Å². The molecule has 0 saturated heterocycles. The summed E-state index contributed by atoms with van der Waals surface area (Å²) >= 11 is 5.47. The number of nitrogens with zero attached hydrogens (tertiary/aromatic N) is 1. The average molecular weight is 484 g/mol. The summed E-state index contributed by atoms with van der Waals surface area (Å²) in [5.41, 5.74) is -6.27. The molecule has 0 radical (unpaired) electrons. The highest BCUT2D eigenvalue weighted by Gasteiger charge is 2.64. The first-order valence-electron chi connectivity index (χ1n) is 8.79. The van der Waals surface area contributed by atoms with Crippen LogP contribution in [-0.4, -0.2) is 25.0 Å². The number of methoxy groups -OCH3 is 1. The van der Waals surface area contributed by atoms with Gasteiger partial charge in [-0.05, 0) is 42.3 Å². The van der Waals surface area contributed by atoms with Crippen molar-refractivity contribution in [1.29, 1.82) is 0 Å². The van der Waals surface area contributed by atoms with Crippen LogP contribution in [0, 0.1) is 12.7 Å². The number of hydrogen-bond acceptors (Lipinski definition) is 4. The molecule has 4 nitrogen and oxygen atoms in total. The first kappa shape index (κ1) is 23.8. The topological polar surface area (TPSA) is 47.9 Å². The van der Waals surface area contributed by atoms with Crippen molar-refractivity contribution in [2.24, 2.45) is 5.16 Å². The van der Waals surface area contributed by atoms with Crippen LogP contribution in [0.4, 0.5) is 30.7 Å². The smallest absolute Gasteiger partial charge is 0.435 e. The molecular weight excluding hydrogens is 471 g/mol. The third-order valence-corrected chi connectivity index (χ3v) is 5.22. The first-order valence-corrected chi connectivity index (χ1v) is 9.17. The van der Waals surface area contributed by atoms with Gasteiger partial charge in [0.2, 0.25) is 0 Å². The Kier molecular flexibility index (Phi) is 5.92. The lowest BCUT2D eigenvalue weighted by Gasteiger charge is -2.30. The number of benzene rings is 2. The maximum atomic E-state index is 14.6. The Balaban J connectivity index is 2.10. The number of rotatable bonds is 3. The van der Waals surface area contributed by atoms with E-state index in [1.807, 2.05) is 0 Å². The van der Waals surface area contributed by atoms with Crippen molar-refractivity contribution in [2.45, 2.75) is 31.3 Å². The van der Waals surface area contributed by atoms with Crippen LogP contribution >= 0.6 is 11.6 Å². The van der Waals surface area contributed by atoms with Crippen LogP contribution in [0.3, 0.4) is 0 Å². The molecule has 0 saturated carbocycles. The van der Waals surface area contributed by atoms with Crippen molar-refractivity contribution in [3.8, 4) is 0 Å². The van der Waals surface area contributed by atoms with Crippen LogP contribution in [-0.2, 0) is 21.4 Å². The molecule has 32 heavy (non-hydrogen) atoms. The first-order chi connectivity index (χ1) is 14.7. The Morgan fingerprint density at radius 1 is 1.16 bits per heavy atom. The fourth-order valence-corrected chi connectivity index (χ4v) is 3.49. The molecule has 2 aromatic carbocycles. The zero-order valence-electron chi connectivity index (χ0n) is 16.3. The second-order valence-electron chi connectivity index (χ2n) is 6.97. The van der Waals surface area contributed by atoms with Gasteiger partial charge in [0.1, 0.15) is 5.82 Å². The number of alkyl halides is 6. The van der Waals surface area contributed by atoms with E-state index in [1.54, 1.807) is 0 Å². The van der Waals surface area contributed by atoms with Gasteiger partial charge in [0.05, 0.1) is 35.4 Å². The van der Waals surface area contributed by atoms with Crippen LogP contribution in [0.1, 0.15) is 39.0 Å². The van der Waals surface area contributed by atoms with E-state index in [9.17, 15) is 35.5 Å². The van der Waals surface area contributed by atoms with E-state index in [0.717, 1.165) is 7.11 Å². The number of halogens is 8. The van der Waals surface area contributed by atoms with Gasteiger partial charge in [-0.15, -0.1) is 0 Å². The molecule has 12 heteroatoms. The molecule has 1 unspecified atom stereocenters. The van der Waals surface area contributed by atoms with Gasteiger partial charge in [-0.1, -0.05) is 22.8 Å². The Morgan fingerprint density at radius 2 is 1.81 bits per heavy atom. The molecule has 0 spiro atoms. The van der Waals surface area contributed by atoms with Gasteiger partial charge in [-0.2, -0.15) is 26.3 Å². The number of carbonyl (C=O) groups is 1. The maximum Gasteiger partial charge on any atom is 0.435 e. The van der Waals surface area contributed by atoms with E-state index in [1.165, 1.54) is 25.1 Å². The van der Waals surface area contributed by atoms with Gasteiger partial charge in [0, 0.05) is 5.56 Å². The van der Waals surface area contributed by atoms with E-state index in [0.29, 0.717) is 5.56 Å². The lowest BCUT2D eigenvalue weighted by molar-refractivity contribution is -0.276. The second kappa shape index (κ2) is 7.95. The second-order valence-corrected chi connectivity index (χ2v) is 7.38. The maximum absolute atomic E-state index is 14.6. The lowest BCUT2D eigenvalue weighted by atomic mass is 9.85. The van der Waals surface area contributed by atoms with Gasteiger partial charge in [-0.25, -0.2) is 9.18 Å². The molecule has 1 atom stereocenters. The van der Waals surface area contributed by atoms with Gasteiger partial charge in [-0.3, -0.25) is 0 Å². The summed E-state index contributed by atoms with van der Waals surface area (Å²) in [5, 5.41) is 2.25. The van der Waals surface area contributed by atoms with Crippen molar-refractivity contribution >= 4 is 23.3 Å². The van der Waals surface area contributed by atoms with Crippen molar-refractivity contribution in [3.63, 3.8) is 0 Å². The van der Waals surface area contributed by atoms with Crippen molar-refractivity contribution in [3.05, 3.63) is 69.0 Å². The van der Waals surface area contributed by atoms with Crippen molar-refractivity contribution in [2.75, 3.05) is 7.11 Å². The molecular formula is C20H13ClF7NO3. The largest absolute Gasteiger partial charge is 0.465 e. The van der Waals surface area contributed by atoms with Gasteiger partial charge >= 0.3 is 18.3 Å². The van der Waals surface area contributed by atoms with Crippen LogP contribution in [0.5, 0.6) is 0 Å². The summed E-state index contributed by atoms with van der Waals surface area (Å²) in [6, 6.07) is 4.09. The normalized spacial score (nSPS) is 18.9. The molecule has 1 aliphatic rings. The zero-order valence-corrected chi connectivity index (χ0v) is 17.0. The minimum Gasteiger partial charge on any atom is -0.465 e. The summed E-state index contributed by atoms with van der Waals surface area (Å²) < 4.78 is 101. The number of esters is 1. The number of carbonyl (C=O) groups excluding carboxylic acids is 1. The monoisotopic (exact) mass is 483 g/mol. The Bertz CT molecular complexity index is 1110. The Hall–Kier alpha value is -2.82. The highest BCUT2D eigenvalue weighted by atomic mass is 35.5. The standard InChI is InChI=1S/C20H13ClF7NO3/c1-9-5-10(3-4-12(9)17(30)31-2)15-8-18(32-29-15,20(26,27)28)13-6-11(19(23,24)25)7-14(21)16(13)22/h3-7H,8H2,1-2H3. The van der Waals surface area contributed by atoms with E-state index in [2.05, 4.69) is 14.7 Å². The number of hydrogen-bond donors (Lipinski definition) is 0. The molecule has 0 N–H and O–H groups in total. The van der Waals surface area contributed by atoms with Crippen LogP contribution in [0.2, 0.25) is 5.02 Å². The minimum atomic E-state index is -5.35. The highest BCUT2D eigenvalue weighted by molar-refractivity contribution is 6.30. The van der Waals surface area contributed by atoms with Crippen LogP contribution in [0.25, 0.3) is 0 Å². The van der Waals surface area contributed by atoms with E-state index in [-0.39, 0.29) is 29.0 Å². The van der Waals surface area contributed by atoms with E-state index in [4.69, 9.17) is 11.6 Å². The van der Waals surface area contributed by atoms with Gasteiger partial charge in [0.25, 0.3) is 5.60 Å². The predicted octanol–water partition coefficient (Wildman–Crippen LogP) is 6.18. The molecule has 3 rings (SSSR count). The average Bonchev–Trinajstić information content (AvgIpc) is 3.15. The summed E-state index contributed by atoms with van der Waals surface area (Å²) in [5.74, 6) is -2.38. The SMILES string of the molecule is COC(=O)c1ccc(C2=NOC(c3cc(C(F)(F)F)cc(Cl)c3F)(C(F)(F)F)C2)cc1C. The van der Waals surface area contributed by atoms with Crippen LogP contribution < -0.4 is 0 Å². The van der Waals surface area contributed by atoms with Crippen molar-refractivity contribution < 1.29 is 45.1 Å². The minimum absolute atomic E-state index is 0.0127. The van der Waals surface area contributed by atoms with Gasteiger partial charge in [0.15, 0.2) is 0 Å². The third-order valence-electron chi connectivity index (χ3n) is 4.94. The summed E-state index contributed by atoms with van der Waals surface area (Å²) in [6.45, 7) is 1.50. The van der Waals surface area contributed by atoms with Crippen LogP contribution in [0.15, 0.2) is 35.5 Å². The molecule has 1 aliphatic heterocycles. The molecule has 2 aromatic rings. The zero-order chi connectivity index (χ0) is 24.1. The predicted molar refractivity (Wildman–Crippen MR) is 98.9 cm³/mol. The lowest BCUT2D eigenvalue weighted by Crippen LogP contribution is -2.43. The molecule has 0 aliphatic carbocycles. The molecule has 1 heterocycles. The molecule has 0 fully saturated rings. The Morgan fingerprint density at radius 3 is 2.34 bits per heavy atom. The quantitative estimate of drug-likeness (QED) is 0.387. The summed E-state index contributed by atoms with van der Waals surface area (Å²) in [7, 11) is 1.15. The van der Waals surface area contributed by atoms with E-state index >= 15 is 0 Å². The number of aryl methyl sites for hydroxylation is 1. The van der Waals surface area contributed by atoms with Gasteiger partial charge < -0.3 is 9.57 Å². The number of ether oxygens (including phenoxy) is 1. The molecule has 172 valence electrons. The molecule has 0 aromatic heterocycles. The molecule has 0 amide bonds. The fourth-order valence-electron chi connectivity index (χ4n) is 3.27. The summed E-state index contributed by atoms with van der Waals surface area (Å²) in [6.07, 6.45) is -11.6. The fraction of sp³-hybridized carbons (Fsp3) is 0.300.